The minimum atomic E-state index is -0.0386. The SMILES string of the molecule is COc1cc(/C=C/C(=O)c2ccsc2)ccc1O. The first-order valence-corrected chi connectivity index (χ1v) is 6.26. The van der Waals surface area contributed by atoms with Gasteiger partial charge in [-0.2, -0.15) is 11.3 Å². The number of thiophene rings is 1. The molecule has 0 radical (unpaired) electrons. The Morgan fingerprint density at radius 1 is 1.39 bits per heavy atom. The lowest BCUT2D eigenvalue weighted by Crippen LogP contribution is -1.90. The molecule has 0 amide bonds. The van der Waals surface area contributed by atoms with Crippen LogP contribution in [0.3, 0.4) is 0 Å². The maximum absolute atomic E-state index is 11.7. The molecule has 0 atom stereocenters. The van der Waals surface area contributed by atoms with Crippen LogP contribution in [0.4, 0.5) is 0 Å². The van der Waals surface area contributed by atoms with Gasteiger partial charge in [0.15, 0.2) is 17.3 Å². The van der Waals surface area contributed by atoms with Crippen molar-refractivity contribution in [2.75, 3.05) is 7.11 Å². The quantitative estimate of drug-likeness (QED) is 0.677. The number of phenols is 1. The van der Waals surface area contributed by atoms with Crippen molar-refractivity contribution in [3.63, 3.8) is 0 Å². The highest BCUT2D eigenvalue weighted by Crippen LogP contribution is 2.26. The van der Waals surface area contributed by atoms with Crippen LogP contribution in [0.15, 0.2) is 41.1 Å². The number of carbonyl (C=O) groups excluding carboxylic acids is 1. The van der Waals surface area contributed by atoms with Crippen LogP contribution in [0.2, 0.25) is 0 Å². The zero-order valence-electron chi connectivity index (χ0n) is 9.79. The lowest BCUT2D eigenvalue weighted by atomic mass is 10.1. The smallest absolute Gasteiger partial charge is 0.186 e. The van der Waals surface area contributed by atoms with E-state index in [1.807, 2.05) is 10.8 Å². The summed E-state index contributed by atoms with van der Waals surface area (Å²) in [4.78, 5) is 11.7. The number of ether oxygens (including phenoxy) is 1. The molecule has 0 aliphatic carbocycles. The third-order valence-corrected chi connectivity index (χ3v) is 3.12. The molecule has 0 bridgehead atoms. The first kappa shape index (κ1) is 12.4. The zero-order chi connectivity index (χ0) is 13.0. The van der Waals surface area contributed by atoms with E-state index in [2.05, 4.69) is 0 Å². The third-order valence-electron chi connectivity index (χ3n) is 2.44. The molecular formula is C14H12O3S. The molecule has 3 nitrogen and oxygen atoms in total. The standard InChI is InChI=1S/C14H12O3S/c1-17-14-8-10(3-5-13(14)16)2-4-12(15)11-6-7-18-9-11/h2-9,16H,1H3/b4-2+. The van der Waals surface area contributed by atoms with Gasteiger partial charge in [0.25, 0.3) is 0 Å². The Morgan fingerprint density at radius 2 is 2.22 bits per heavy atom. The van der Waals surface area contributed by atoms with Crippen molar-refractivity contribution in [3.8, 4) is 11.5 Å². The minimum absolute atomic E-state index is 0.0386. The van der Waals surface area contributed by atoms with E-state index in [9.17, 15) is 9.90 Å². The van der Waals surface area contributed by atoms with Crippen molar-refractivity contribution in [2.24, 2.45) is 0 Å². The van der Waals surface area contributed by atoms with Gasteiger partial charge in [0.2, 0.25) is 0 Å². The summed E-state index contributed by atoms with van der Waals surface area (Å²) >= 11 is 1.49. The molecule has 1 aromatic carbocycles. The molecule has 0 aliphatic heterocycles. The van der Waals surface area contributed by atoms with Gasteiger partial charge in [0.05, 0.1) is 7.11 Å². The Labute approximate surface area is 109 Å². The second kappa shape index (κ2) is 5.51. The topological polar surface area (TPSA) is 46.5 Å². The number of phenolic OH excluding ortho intramolecular Hbond substituents is 1. The zero-order valence-corrected chi connectivity index (χ0v) is 10.6. The number of hydrogen-bond donors (Lipinski definition) is 1. The molecule has 0 saturated carbocycles. The number of methoxy groups -OCH3 is 1. The second-order valence-corrected chi connectivity index (χ2v) is 4.42. The van der Waals surface area contributed by atoms with Gasteiger partial charge in [0.1, 0.15) is 0 Å². The molecule has 2 rings (SSSR count). The summed E-state index contributed by atoms with van der Waals surface area (Å²) in [6.45, 7) is 0. The Balaban J connectivity index is 2.16. The van der Waals surface area contributed by atoms with E-state index in [0.717, 1.165) is 5.56 Å². The van der Waals surface area contributed by atoms with Gasteiger partial charge in [-0.1, -0.05) is 12.1 Å². The molecule has 0 aliphatic rings. The molecule has 0 unspecified atom stereocenters. The van der Waals surface area contributed by atoms with Crippen LogP contribution in [0.25, 0.3) is 6.08 Å². The fraction of sp³-hybridized carbons (Fsp3) is 0.0714. The molecule has 4 heteroatoms. The summed E-state index contributed by atoms with van der Waals surface area (Å²) in [6, 6.07) is 6.71. The molecule has 0 spiro atoms. The van der Waals surface area contributed by atoms with Crippen LogP contribution in [-0.2, 0) is 0 Å². The van der Waals surface area contributed by atoms with Crippen molar-refractivity contribution < 1.29 is 14.6 Å². The average molecular weight is 260 g/mol. The molecule has 18 heavy (non-hydrogen) atoms. The van der Waals surface area contributed by atoms with E-state index < -0.39 is 0 Å². The maximum atomic E-state index is 11.7. The van der Waals surface area contributed by atoms with Crippen LogP contribution < -0.4 is 4.74 Å². The number of hydrogen-bond acceptors (Lipinski definition) is 4. The predicted molar refractivity (Wildman–Crippen MR) is 72.3 cm³/mol. The maximum Gasteiger partial charge on any atom is 0.186 e. The molecule has 2 aromatic rings. The molecule has 0 fully saturated rings. The van der Waals surface area contributed by atoms with Crippen molar-refractivity contribution >= 4 is 23.2 Å². The summed E-state index contributed by atoms with van der Waals surface area (Å²) in [5.74, 6) is 0.433. The van der Waals surface area contributed by atoms with Gasteiger partial charge in [-0.05, 0) is 35.2 Å². The van der Waals surface area contributed by atoms with Gasteiger partial charge < -0.3 is 9.84 Å². The molecule has 92 valence electrons. The van der Waals surface area contributed by atoms with Gasteiger partial charge in [-0.15, -0.1) is 0 Å². The number of carbonyl (C=O) groups is 1. The van der Waals surface area contributed by atoms with Crippen molar-refractivity contribution in [2.45, 2.75) is 0 Å². The summed E-state index contributed by atoms with van der Waals surface area (Å²) in [7, 11) is 1.49. The highest BCUT2D eigenvalue weighted by molar-refractivity contribution is 7.08. The van der Waals surface area contributed by atoms with Crippen LogP contribution in [0.5, 0.6) is 11.5 Å². The first-order chi connectivity index (χ1) is 8.70. The molecular weight excluding hydrogens is 248 g/mol. The van der Waals surface area contributed by atoms with Crippen molar-refractivity contribution in [3.05, 3.63) is 52.2 Å². The van der Waals surface area contributed by atoms with Crippen molar-refractivity contribution in [1.29, 1.82) is 0 Å². The summed E-state index contributed by atoms with van der Waals surface area (Å²) in [6.07, 6.45) is 3.20. The monoisotopic (exact) mass is 260 g/mol. The third kappa shape index (κ3) is 2.78. The second-order valence-electron chi connectivity index (χ2n) is 3.64. The van der Waals surface area contributed by atoms with Gasteiger partial charge >= 0.3 is 0 Å². The summed E-state index contributed by atoms with van der Waals surface area (Å²) in [5.41, 5.74) is 1.48. The molecule has 1 heterocycles. The van der Waals surface area contributed by atoms with Crippen molar-refractivity contribution in [1.82, 2.24) is 0 Å². The predicted octanol–water partition coefficient (Wildman–Crippen LogP) is 3.36. The fourth-order valence-electron chi connectivity index (χ4n) is 1.47. The highest BCUT2D eigenvalue weighted by Gasteiger charge is 2.03. The van der Waals surface area contributed by atoms with E-state index >= 15 is 0 Å². The minimum Gasteiger partial charge on any atom is -0.504 e. The lowest BCUT2D eigenvalue weighted by Gasteiger charge is -2.03. The Morgan fingerprint density at radius 3 is 2.89 bits per heavy atom. The summed E-state index contributed by atoms with van der Waals surface area (Å²) < 4.78 is 5.00. The number of rotatable bonds is 4. The van der Waals surface area contributed by atoms with E-state index in [-0.39, 0.29) is 11.5 Å². The summed E-state index contributed by atoms with van der Waals surface area (Å²) in [5, 5.41) is 13.1. The largest absolute Gasteiger partial charge is 0.504 e. The number of aromatic hydroxyl groups is 1. The van der Waals surface area contributed by atoms with E-state index in [1.54, 1.807) is 24.3 Å². The van der Waals surface area contributed by atoms with Crippen LogP contribution in [-0.4, -0.2) is 18.0 Å². The Kier molecular flexibility index (Phi) is 3.79. The van der Waals surface area contributed by atoms with E-state index in [1.165, 1.54) is 30.6 Å². The molecule has 1 aromatic heterocycles. The van der Waals surface area contributed by atoms with Gasteiger partial charge in [0, 0.05) is 10.9 Å². The van der Waals surface area contributed by atoms with Gasteiger partial charge in [-0.25, -0.2) is 0 Å². The van der Waals surface area contributed by atoms with Crippen LogP contribution in [0, 0.1) is 0 Å². The fourth-order valence-corrected chi connectivity index (χ4v) is 2.12. The van der Waals surface area contributed by atoms with Crippen LogP contribution in [0.1, 0.15) is 15.9 Å². The normalized spacial score (nSPS) is 10.7. The first-order valence-electron chi connectivity index (χ1n) is 5.32. The lowest BCUT2D eigenvalue weighted by molar-refractivity contribution is 0.104. The average Bonchev–Trinajstić information content (AvgIpc) is 2.91. The molecule has 0 saturated heterocycles. The Hall–Kier alpha value is -2.07. The number of allylic oxidation sites excluding steroid dienone is 1. The van der Waals surface area contributed by atoms with Crippen LogP contribution >= 0.6 is 11.3 Å². The number of benzene rings is 1. The van der Waals surface area contributed by atoms with Gasteiger partial charge in [-0.3, -0.25) is 4.79 Å². The Bertz CT molecular complexity index is 571. The van der Waals surface area contributed by atoms with E-state index in [0.29, 0.717) is 11.3 Å². The number of ketones is 1. The molecule has 1 N–H and O–H groups in total. The van der Waals surface area contributed by atoms with E-state index in [4.69, 9.17) is 4.74 Å². The highest BCUT2D eigenvalue weighted by atomic mass is 32.1.